The minimum absolute atomic E-state index is 0.156. The third-order valence-electron chi connectivity index (χ3n) is 2.74. The average Bonchev–Trinajstić information content (AvgIpc) is 2.94. The van der Waals surface area contributed by atoms with E-state index in [0.29, 0.717) is 12.3 Å². The molecule has 5 nitrogen and oxygen atoms in total. The third-order valence-corrected chi connectivity index (χ3v) is 2.74. The third kappa shape index (κ3) is 4.27. The van der Waals surface area contributed by atoms with Crippen LogP contribution in [0.1, 0.15) is 30.2 Å². The van der Waals surface area contributed by atoms with Gasteiger partial charge >= 0.3 is 5.97 Å². The first-order valence-corrected chi connectivity index (χ1v) is 6.76. The number of esters is 1. The molecule has 0 atom stereocenters. The van der Waals surface area contributed by atoms with E-state index in [1.165, 1.54) is 7.11 Å². The van der Waals surface area contributed by atoms with Gasteiger partial charge in [0, 0.05) is 5.69 Å². The number of rotatable bonds is 6. The molecule has 112 valence electrons. The molecule has 2 aromatic rings. The first kappa shape index (κ1) is 15.0. The lowest BCUT2D eigenvalue weighted by atomic mass is 10.3. The molecular weight excluding hydrogens is 270 g/mol. The molecule has 0 radical (unpaired) electrons. The van der Waals surface area contributed by atoms with Crippen molar-refractivity contribution in [2.75, 3.05) is 12.4 Å². The van der Waals surface area contributed by atoms with Crippen molar-refractivity contribution in [2.24, 2.45) is 0 Å². The van der Waals surface area contributed by atoms with Gasteiger partial charge in [-0.1, -0.05) is 0 Å². The minimum Gasteiger partial charge on any atom is -0.491 e. The van der Waals surface area contributed by atoms with Crippen molar-refractivity contribution < 1.29 is 18.7 Å². The molecule has 0 amide bonds. The lowest BCUT2D eigenvalue weighted by Gasteiger charge is -2.10. The van der Waals surface area contributed by atoms with Crippen molar-refractivity contribution in [3.63, 3.8) is 0 Å². The van der Waals surface area contributed by atoms with E-state index in [4.69, 9.17) is 9.15 Å². The van der Waals surface area contributed by atoms with Gasteiger partial charge in [0.05, 0.1) is 19.8 Å². The second-order valence-electron chi connectivity index (χ2n) is 4.80. The van der Waals surface area contributed by atoms with Crippen LogP contribution in [-0.2, 0) is 11.3 Å². The maximum atomic E-state index is 11.3. The zero-order chi connectivity index (χ0) is 15.2. The number of methoxy groups -OCH3 is 1. The van der Waals surface area contributed by atoms with E-state index >= 15 is 0 Å². The second kappa shape index (κ2) is 6.83. The molecule has 1 aromatic heterocycles. The van der Waals surface area contributed by atoms with E-state index < -0.39 is 5.97 Å². The number of hydrogen-bond donors (Lipinski definition) is 1. The van der Waals surface area contributed by atoms with Crippen LogP contribution in [0.3, 0.4) is 0 Å². The van der Waals surface area contributed by atoms with Crippen molar-refractivity contribution in [2.45, 2.75) is 26.5 Å². The highest BCUT2D eigenvalue weighted by Crippen LogP contribution is 2.18. The van der Waals surface area contributed by atoms with Gasteiger partial charge in [-0.2, -0.15) is 0 Å². The van der Waals surface area contributed by atoms with Gasteiger partial charge in [-0.3, -0.25) is 0 Å². The average molecular weight is 289 g/mol. The van der Waals surface area contributed by atoms with Gasteiger partial charge in [0.25, 0.3) is 0 Å². The highest BCUT2D eigenvalue weighted by atomic mass is 16.5. The quantitative estimate of drug-likeness (QED) is 0.825. The van der Waals surface area contributed by atoms with Crippen LogP contribution in [0.25, 0.3) is 0 Å². The topological polar surface area (TPSA) is 60.7 Å². The summed E-state index contributed by atoms with van der Waals surface area (Å²) in [5, 5.41) is 3.21. The lowest BCUT2D eigenvalue weighted by molar-refractivity contribution is 0.0563. The summed E-state index contributed by atoms with van der Waals surface area (Å²) < 4.78 is 15.5. The summed E-state index contributed by atoms with van der Waals surface area (Å²) in [6, 6.07) is 11.0. The molecule has 0 saturated heterocycles. The predicted molar refractivity (Wildman–Crippen MR) is 79.6 cm³/mol. The van der Waals surface area contributed by atoms with E-state index in [1.807, 2.05) is 38.1 Å². The van der Waals surface area contributed by atoms with E-state index in [9.17, 15) is 4.79 Å². The molecule has 0 unspecified atom stereocenters. The lowest BCUT2D eigenvalue weighted by Crippen LogP contribution is -2.05. The van der Waals surface area contributed by atoms with Gasteiger partial charge in [-0.05, 0) is 50.2 Å². The Labute approximate surface area is 123 Å². The fourth-order valence-corrected chi connectivity index (χ4v) is 1.80. The number of ether oxygens (including phenoxy) is 2. The first-order valence-electron chi connectivity index (χ1n) is 6.76. The normalized spacial score (nSPS) is 10.5. The summed E-state index contributed by atoms with van der Waals surface area (Å²) in [5.41, 5.74) is 0.946. The van der Waals surface area contributed by atoms with Crippen LogP contribution in [0.4, 0.5) is 5.69 Å². The van der Waals surface area contributed by atoms with Crippen LogP contribution in [-0.4, -0.2) is 19.2 Å². The highest BCUT2D eigenvalue weighted by Gasteiger charge is 2.10. The zero-order valence-electron chi connectivity index (χ0n) is 12.4. The molecule has 1 N–H and O–H groups in total. The fourth-order valence-electron chi connectivity index (χ4n) is 1.80. The molecular formula is C16H19NO4. The number of benzene rings is 1. The Hall–Kier alpha value is -2.43. The fraction of sp³-hybridized carbons (Fsp3) is 0.312. The van der Waals surface area contributed by atoms with Gasteiger partial charge in [-0.15, -0.1) is 0 Å². The Morgan fingerprint density at radius 2 is 1.90 bits per heavy atom. The molecule has 0 aliphatic carbocycles. The van der Waals surface area contributed by atoms with Crippen LogP contribution >= 0.6 is 0 Å². The minimum atomic E-state index is -0.476. The van der Waals surface area contributed by atoms with Crippen LogP contribution in [0, 0.1) is 0 Å². The number of carbonyl (C=O) groups excluding carboxylic acids is 1. The summed E-state index contributed by atoms with van der Waals surface area (Å²) in [4.78, 5) is 11.3. The number of nitrogens with one attached hydrogen (secondary N) is 1. The Kier molecular flexibility index (Phi) is 4.87. The predicted octanol–water partition coefficient (Wildman–Crippen LogP) is 3.47. The summed E-state index contributed by atoms with van der Waals surface area (Å²) >= 11 is 0. The Morgan fingerprint density at radius 1 is 1.19 bits per heavy atom. The monoisotopic (exact) mass is 289 g/mol. The zero-order valence-corrected chi connectivity index (χ0v) is 12.4. The first-order chi connectivity index (χ1) is 10.1. The number of hydrogen-bond acceptors (Lipinski definition) is 5. The molecule has 1 heterocycles. The molecule has 0 aliphatic heterocycles. The summed E-state index contributed by atoms with van der Waals surface area (Å²) in [5.74, 6) is 1.23. The van der Waals surface area contributed by atoms with Crippen molar-refractivity contribution in [3.05, 3.63) is 47.9 Å². The smallest absolute Gasteiger partial charge is 0.373 e. The molecule has 5 heteroatoms. The molecule has 0 bridgehead atoms. The molecule has 0 aliphatic rings. The number of anilines is 1. The van der Waals surface area contributed by atoms with Gasteiger partial charge in [0.2, 0.25) is 5.76 Å². The van der Waals surface area contributed by atoms with Gasteiger partial charge in [0.1, 0.15) is 11.5 Å². The standard InChI is InChI=1S/C16H19NO4/c1-11(2)20-13-6-4-12(5-7-13)17-10-14-8-9-15(21-14)16(18)19-3/h4-9,11,17H,10H2,1-3H3. The highest BCUT2D eigenvalue weighted by molar-refractivity contribution is 5.86. The summed E-state index contributed by atoms with van der Waals surface area (Å²) in [6.07, 6.45) is 0.156. The molecule has 2 rings (SSSR count). The maximum absolute atomic E-state index is 11.3. The maximum Gasteiger partial charge on any atom is 0.373 e. The van der Waals surface area contributed by atoms with E-state index in [2.05, 4.69) is 10.1 Å². The van der Waals surface area contributed by atoms with Crippen molar-refractivity contribution in [3.8, 4) is 5.75 Å². The van der Waals surface area contributed by atoms with Crippen LogP contribution in [0.2, 0.25) is 0 Å². The van der Waals surface area contributed by atoms with E-state index in [-0.39, 0.29) is 11.9 Å². The van der Waals surface area contributed by atoms with Crippen LogP contribution < -0.4 is 10.1 Å². The Bertz CT molecular complexity index is 587. The summed E-state index contributed by atoms with van der Waals surface area (Å²) in [6.45, 7) is 4.46. The largest absolute Gasteiger partial charge is 0.491 e. The van der Waals surface area contributed by atoms with Crippen molar-refractivity contribution in [1.29, 1.82) is 0 Å². The molecule has 21 heavy (non-hydrogen) atoms. The molecule has 1 aromatic carbocycles. The van der Waals surface area contributed by atoms with E-state index in [1.54, 1.807) is 12.1 Å². The van der Waals surface area contributed by atoms with Crippen molar-refractivity contribution >= 4 is 11.7 Å². The van der Waals surface area contributed by atoms with Crippen LogP contribution in [0.15, 0.2) is 40.8 Å². The van der Waals surface area contributed by atoms with Gasteiger partial charge < -0.3 is 19.2 Å². The number of carbonyl (C=O) groups is 1. The number of furan rings is 1. The molecule has 0 fully saturated rings. The SMILES string of the molecule is COC(=O)c1ccc(CNc2ccc(OC(C)C)cc2)o1. The second-order valence-corrected chi connectivity index (χ2v) is 4.80. The van der Waals surface area contributed by atoms with Crippen LogP contribution in [0.5, 0.6) is 5.75 Å². The molecule has 0 spiro atoms. The Balaban J connectivity index is 1.90. The van der Waals surface area contributed by atoms with E-state index in [0.717, 1.165) is 11.4 Å². The van der Waals surface area contributed by atoms with Gasteiger partial charge in [0.15, 0.2) is 0 Å². The summed E-state index contributed by atoms with van der Waals surface area (Å²) in [7, 11) is 1.32. The molecule has 0 saturated carbocycles. The van der Waals surface area contributed by atoms with Gasteiger partial charge in [-0.25, -0.2) is 4.79 Å². The van der Waals surface area contributed by atoms with Crippen molar-refractivity contribution in [1.82, 2.24) is 0 Å². The Morgan fingerprint density at radius 3 is 2.52 bits per heavy atom.